The van der Waals surface area contributed by atoms with E-state index < -0.39 is 11.9 Å². The van der Waals surface area contributed by atoms with Crippen molar-refractivity contribution >= 4 is 0 Å². The van der Waals surface area contributed by atoms with Crippen molar-refractivity contribution < 1.29 is 30.2 Å². The Morgan fingerprint density at radius 1 is 1.33 bits per heavy atom. The average Bonchev–Trinajstić information content (AvgIpc) is 2.15. The molecule has 0 aliphatic rings. The van der Waals surface area contributed by atoms with Crippen molar-refractivity contribution in [3.05, 3.63) is 35.5 Å². The summed E-state index contributed by atoms with van der Waals surface area (Å²) in [5.41, 5.74) is -0.0781. The molecule has 0 amide bonds. The molecule has 0 atom stereocenters. The monoisotopic (exact) mass is 257 g/mol. The molecule has 0 fully saturated rings. The van der Waals surface area contributed by atoms with Gasteiger partial charge in [-0.25, -0.2) is 0 Å². The molecule has 1 heterocycles. The molecule has 5 heteroatoms. The molecule has 1 radical (unpaired) electrons. The normalized spacial score (nSPS) is 10.7. The van der Waals surface area contributed by atoms with Crippen LogP contribution >= 0.6 is 0 Å². The maximum atomic E-state index is 12.1. The van der Waals surface area contributed by atoms with Gasteiger partial charge in [0.15, 0.2) is 0 Å². The Balaban J connectivity index is 0.00000196. The molecular weight excluding hydrogens is 246 g/mol. The number of rotatable bonds is 2. The van der Waals surface area contributed by atoms with E-state index in [1.165, 1.54) is 12.3 Å². The van der Waals surface area contributed by atoms with Crippen LogP contribution in [-0.4, -0.2) is 4.98 Å². The second kappa shape index (κ2) is 5.42. The molecule has 0 saturated carbocycles. The largest absolute Gasteiger partial charge is 0.431 e. The molecule has 1 aromatic rings. The Labute approximate surface area is 97.6 Å². The van der Waals surface area contributed by atoms with Crippen molar-refractivity contribution in [3.8, 4) is 0 Å². The van der Waals surface area contributed by atoms with Crippen molar-refractivity contribution in [3.63, 3.8) is 0 Å². The number of hydrogen-bond acceptors (Lipinski definition) is 1. The molecule has 15 heavy (non-hydrogen) atoms. The second-order valence-electron chi connectivity index (χ2n) is 3.06. The van der Waals surface area contributed by atoms with Gasteiger partial charge in [0, 0.05) is 17.1 Å². The smallest absolute Gasteiger partial charge is 0.317 e. The van der Waals surface area contributed by atoms with Crippen molar-refractivity contribution in [2.75, 3.05) is 0 Å². The molecule has 85 valence electrons. The molecule has 0 aliphatic heterocycles. The van der Waals surface area contributed by atoms with Gasteiger partial charge in [0.25, 0.3) is 0 Å². The maximum Gasteiger partial charge on any atom is 0.431 e. The van der Waals surface area contributed by atoms with Crippen LogP contribution < -0.4 is 0 Å². The Morgan fingerprint density at radius 3 is 2.27 bits per heavy atom. The first-order valence-electron chi connectivity index (χ1n) is 4.31. The molecule has 0 aromatic carbocycles. The van der Waals surface area contributed by atoms with Crippen molar-refractivity contribution in [1.29, 1.82) is 0 Å². The molecule has 0 aliphatic carbocycles. The number of hydrogen-bond donors (Lipinski definition) is 0. The van der Waals surface area contributed by atoms with E-state index >= 15 is 0 Å². The van der Waals surface area contributed by atoms with Crippen LogP contribution in [0.4, 0.5) is 13.2 Å². The van der Waals surface area contributed by atoms with Gasteiger partial charge in [-0.05, 0) is 0 Å². The fraction of sp³-hybridized carbons (Fsp3) is 0.400. The molecule has 0 unspecified atom stereocenters. The quantitative estimate of drug-likeness (QED) is 0.584. The van der Waals surface area contributed by atoms with Gasteiger partial charge in [-0.1, -0.05) is 32.5 Å². The van der Waals surface area contributed by atoms with Gasteiger partial charge < -0.3 is 4.98 Å². The Hall–Kier alpha value is -0.671. The zero-order valence-electron chi connectivity index (χ0n) is 8.40. The van der Waals surface area contributed by atoms with Crippen molar-refractivity contribution in [2.24, 2.45) is 0 Å². The van der Waals surface area contributed by atoms with E-state index in [1.54, 1.807) is 0 Å². The maximum absolute atomic E-state index is 12.1. The molecular formula is C10H11F3MnN-. The van der Waals surface area contributed by atoms with Crippen LogP contribution in [0.3, 0.4) is 0 Å². The minimum atomic E-state index is -4.35. The zero-order chi connectivity index (χ0) is 10.8. The van der Waals surface area contributed by atoms with Gasteiger partial charge >= 0.3 is 6.18 Å². The van der Waals surface area contributed by atoms with Crippen LogP contribution in [0.15, 0.2) is 18.3 Å². The number of halogens is 3. The van der Waals surface area contributed by atoms with E-state index in [9.17, 15) is 13.2 Å². The van der Waals surface area contributed by atoms with E-state index in [-0.39, 0.29) is 17.1 Å². The molecule has 1 aromatic heterocycles. The molecule has 0 bridgehead atoms. The molecule has 1 rings (SSSR count). The first kappa shape index (κ1) is 14.3. The Morgan fingerprint density at radius 2 is 1.93 bits per heavy atom. The van der Waals surface area contributed by atoms with Gasteiger partial charge in [0.2, 0.25) is 0 Å². The molecule has 1 nitrogen and oxygen atoms in total. The third kappa shape index (κ3) is 3.76. The number of nitrogens with zero attached hydrogens (tertiary/aromatic N) is 1. The van der Waals surface area contributed by atoms with E-state index in [4.69, 9.17) is 0 Å². The minimum absolute atomic E-state index is 0. The fourth-order valence-electron chi connectivity index (χ4n) is 1.02. The number of pyridine rings is 1. The third-order valence-electron chi connectivity index (χ3n) is 2.08. The first-order chi connectivity index (χ1) is 6.45. The summed E-state index contributed by atoms with van der Waals surface area (Å²) in [6.45, 7) is 3.83. The second-order valence-corrected chi connectivity index (χ2v) is 3.06. The fourth-order valence-corrected chi connectivity index (χ4v) is 1.02. The SMILES string of the molecule is CC[C-](C)c1ccc(C(F)(F)F)nc1.[Mn]. The van der Waals surface area contributed by atoms with E-state index in [2.05, 4.69) is 4.98 Å². The predicted octanol–water partition coefficient (Wildman–Crippen LogP) is 3.45. The van der Waals surface area contributed by atoms with Crippen LogP contribution in [0, 0.1) is 5.92 Å². The summed E-state index contributed by atoms with van der Waals surface area (Å²) in [4.78, 5) is 3.37. The van der Waals surface area contributed by atoms with E-state index in [0.29, 0.717) is 0 Å². The van der Waals surface area contributed by atoms with Crippen LogP contribution in [0.2, 0.25) is 0 Å². The predicted molar refractivity (Wildman–Crippen MR) is 47.5 cm³/mol. The standard InChI is InChI=1S/C10H11F3N.Mn/c1-3-7(2)8-4-5-9(14-6-8)10(11,12)13;/h4-6H,3H2,1-2H3;/q-1;. The summed E-state index contributed by atoms with van der Waals surface area (Å²) in [6, 6.07) is 2.46. The van der Waals surface area contributed by atoms with Gasteiger partial charge in [0.1, 0.15) is 5.69 Å². The van der Waals surface area contributed by atoms with Crippen molar-refractivity contribution in [2.45, 2.75) is 26.4 Å². The van der Waals surface area contributed by atoms with E-state index in [0.717, 1.165) is 24.0 Å². The summed E-state index contributed by atoms with van der Waals surface area (Å²) >= 11 is 0. The average molecular weight is 257 g/mol. The summed E-state index contributed by atoms with van der Waals surface area (Å²) in [6.07, 6.45) is -2.27. The van der Waals surface area contributed by atoms with Gasteiger partial charge in [-0.3, -0.25) is 0 Å². The topological polar surface area (TPSA) is 12.9 Å². The molecule has 0 spiro atoms. The Bertz CT molecular complexity index is 295. The molecule has 0 N–H and O–H groups in total. The first-order valence-corrected chi connectivity index (χ1v) is 4.31. The van der Waals surface area contributed by atoms with Crippen LogP contribution in [0.5, 0.6) is 0 Å². The van der Waals surface area contributed by atoms with Crippen LogP contribution in [0.25, 0.3) is 0 Å². The number of aromatic nitrogens is 1. The van der Waals surface area contributed by atoms with Crippen molar-refractivity contribution in [1.82, 2.24) is 4.98 Å². The summed E-state index contributed by atoms with van der Waals surface area (Å²) < 4.78 is 36.4. The van der Waals surface area contributed by atoms with Crippen LogP contribution in [-0.2, 0) is 23.2 Å². The summed E-state index contributed by atoms with van der Waals surface area (Å²) in [5.74, 6) is 1.03. The third-order valence-corrected chi connectivity index (χ3v) is 2.08. The number of alkyl halides is 3. The molecule has 0 saturated heterocycles. The minimum Gasteiger partial charge on any atom is -0.317 e. The van der Waals surface area contributed by atoms with E-state index in [1.807, 2.05) is 13.8 Å². The van der Waals surface area contributed by atoms with Gasteiger partial charge in [-0.2, -0.15) is 30.7 Å². The van der Waals surface area contributed by atoms with Crippen LogP contribution in [0.1, 0.15) is 31.5 Å². The summed E-state index contributed by atoms with van der Waals surface area (Å²) in [5, 5.41) is 0. The Kier molecular flexibility index (Phi) is 5.18. The summed E-state index contributed by atoms with van der Waals surface area (Å²) in [7, 11) is 0. The zero-order valence-corrected chi connectivity index (χ0v) is 9.58. The van der Waals surface area contributed by atoms with Gasteiger partial charge in [-0.15, -0.1) is 0 Å². The van der Waals surface area contributed by atoms with Gasteiger partial charge in [0.05, 0.1) is 0 Å².